The minimum absolute atomic E-state index is 0.0844. The molecule has 100 valence electrons. The quantitative estimate of drug-likeness (QED) is 0.598. The monoisotopic (exact) mass is 264 g/mol. The summed E-state index contributed by atoms with van der Waals surface area (Å²) in [5, 5.41) is 16.8. The van der Waals surface area contributed by atoms with Gasteiger partial charge in [-0.3, -0.25) is 4.79 Å². The molecule has 2 rings (SSSR count). The van der Waals surface area contributed by atoms with Crippen molar-refractivity contribution in [2.45, 2.75) is 19.5 Å². The Bertz CT molecular complexity index is 576. The molecule has 1 amide bonds. The van der Waals surface area contributed by atoms with E-state index >= 15 is 0 Å². The predicted octanol–water partition coefficient (Wildman–Crippen LogP) is 0.392. The third-order valence-corrected chi connectivity index (χ3v) is 2.43. The van der Waals surface area contributed by atoms with Crippen LogP contribution in [-0.4, -0.2) is 30.6 Å². The Balaban J connectivity index is 1.92. The van der Waals surface area contributed by atoms with E-state index in [0.717, 1.165) is 0 Å². The van der Waals surface area contributed by atoms with Gasteiger partial charge < -0.3 is 20.4 Å². The molecule has 2 aromatic heterocycles. The Labute approximate surface area is 107 Å². The molecule has 9 nitrogen and oxygen atoms in total. The number of nitro groups is 1. The molecule has 0 aliphatic heterocycles. The van der Waals surface area contributed by atoms with E-state index in [2.05, 4.69) is 20.4 Å². The van der Waals surface area contributed by atoms with Crippen molar-refractivity contribution in [3.05, 3.63) is 40.6 Å². The van der Waals surface area contributed by atoms with E-state index in [4.69, 9.17) is 0 Å². The number of rotatable bonds is 5. The highest BCUT2D eigenvalue weighted by atomic mass is 16.6. The van der Waals surface area contributed by atoms with Crippen LogP contribution >= 0.6 is 0 Å². The molecule has 1 atom stereocenters. The first-order valence-corrected chi connectivity index (χ1v) is 5.52. The summed E-state index contributed by atoms with van der Waals surface area (Å²) in [7, 11) is 0. The maximum absolute atomic E-state index is 11.7. The van der Waals surface area contributed by atoms with Crippen molar-refractivity contribution in [2.75, 3.05) is 0 Å². The van der Waals surface area contributed by atoms with Crippen LogP contribution in [0, 0.1) is 10.1 Å². The fraction of sp³-hybridized carbons (Fsp3) is 0.300. The highest BCUT2D eigenvalue weighted by Crippen LogP contribution is 2.07. The summed E-state index contributed by atoms with van der Waals surface area (Å²) in [6, 6.07) is 0.969. The molecule has 0 aliphatic rings. The van der Waals surface area contributed by atoms with Crippen LogP contribution in [0.3, 0.4) is 0 Å². The first-order valence-electron chi connectivity index (χ1n) is 5.52. The van der Waals surface area contributed by atoms with Gasteiger partial charge in [-0.25, -0.2) is 4.98 Å². The largest absolute Gasteiger partial charge is 0.389 e. The number of hydrogen-bond donors (Lipinski definition) is 2. The number of amides is 1. The Morgan fingerprint density at radius 2 is 2.47 bits per heavy atom. The maximum atomic E-state index is 11.7. The van der Waals surface area contributed by atoms with E-state index in [-0.39, 0.29) is 24.3 Å². The lowest BCUT2D eigenvalue weighted by molar-refractivity contribution is -0.389. The normalized spacial score (nSPS) is 12.1. The minimum Gasteiger partial charge on any atom is -0.358 e. The first-order chi connectivity index (χ1) is 9.06. The summed E-state index contributed by atoms with van der Waals surface area (Å²) in [5.74, 6) is 0.0496. The lowest BCUT2D eigenvalue weighted by Gasteiger charge is -2.10. The van der Waals surface area contributed by atoms with Gasteiger partial charge in [0.15, 0.2) is 0 Å². The molecular weight excluding hydrogens is 252 g/mol. The zero-order chi connectivity index (χ0) is 13.8. The Morgan fingerprint density at radius 1 is 1.68 bits per heavy atom. The summed E-state index contributed by atoms with van der Waals surface area (Å²) >= 11 is 0. The lowest BCUT2D eigenvalue weighted by Crippen LogP contribution is -2.30. The molecule has 0 radical (unpaired) electrons. The topological polar surface area (TPSA) is 119 Å². The fourth-order valence-electron chi connectivity index (χ4n) is 1.55. The summed E-state index contributed by atoms with van der Waals surface area (Å²) in [5.41, 5.74) is 0. The first kappa shape index (κ1) is 12.7. The molecule has 0 saturated heterocycles. The molecule has 9 heteroatoms. The van der Waals surface area contributed by atoms with Crippen molar-refractivity contribution in [1.29, 1.82) is 0 Å². The van der Waals surface area contributed by atoms with Crippen LogP contribution in [0.2, 0.25) is 0 Å². The summed E-state index contributed by atoms with van der Waals surface area (Å²) in [6.07, 6.45) is 4.64. The van der Waals surface area contributed by atoms with Gasteiger partial charge in [0, 0.05) is 12.4 Å². The van der Waals surface area contributed by atoms with Gasteiger partial charge in [0.2, 0.25) is 5.91 Å². The maximum Gasteiger partial charge on any atom is 0.389 e. The molecule has 2 heterocycles. The molecule has 19 heavy (non-hydrogen) atoms. The molecule has 0 saturated carbocycles. The minimum atomic E-state index is -0.611. The number of nitrogens with one attached hydrogen (secondary N) is 2. The van der Waals surface area contributed by atoms with Crippen LogP contribution in [-0.2, 0) is 11.3 Å². The SMILES string of the molecule is CC(NC(=O)Cn1ccc([N+](=O)[O-])n1)c1ncc[nH]1. The van der Waals surface area contributed by atoms with Gasteiger partial charge in [-0.1, -0.05) is 0 Å². The predicted molar refractivity (Wildman–Crippen MR) is 64.0 cm³/mol. The Hall–Kier alpha value is -2.71. The van der Waals surface area contributed by atoms with Crippen molar-refractivity contribution in [1.82, 2.24) is 25.1 Å². The number of carbonyl (C=O) groups excluding carboxylic acids is 1. The Morgan fingerprint density at radius 3 is 3.05 bits per heavy atom. The number of aromatic amines is 1. The van der Waals surface area contributed by atoms with Crippen molar-refractivity contribution >= 4 is 11.7 Å². The highest BCUT2D eigenvalue weighted by molar-refractivity contribution is 5.76. The zero-order valence-electron chi connectivity index (χ0n) is 10.1. The molecule has 1 unspecified atom stereocenters. The molecule has 2 aromatic rings. The molecule has 0 fully saturated rings. The van der Waals surface area contributed by atoms with E-state index < -0.39 is 4.92 Å². The average molecular weight is 264 g/mol. The van der Waals surface area contributed by atoms with E-state index in [9.17, 15) is 14.9 Å². The van der Waals surface area contributed by atoms with Crippen molar-refractivity contribution in [3.8, 4) is 0 Å². The van der Waals surface area contributed by atoms with E-state index in [1.807, 2.05) is 0 Å². The van der Waals surface area contributed by atoms with Crippen LogP contribution in [0.25, 0.3) is 0 Å². The number of imidazole rings is 1. The van der Waals surface area contributed by atoms with E-state index in [1.165, 1.54) is 16.9 Å². The van der Waals surface area contributed by atoms with Crippen LogP contribution in [0.5, 0.6) is 0 Å². The van der Waals surface area contributed by atoms with E-state index in [1.54, 1.807) is 19.3 Å². The molecule has 0 aliphatic carbocycles. The lowest BCUT2D eigenvalue weighted by atomic mass is 10.3. The standard InChI is InChI=1S/C10H12N6O3/c1-7(10-11-3-4-12-10)13-9(17)6-15-5-2-8(14-15)16(18)19/h2-5,7H,6H2,1H3,(H,11,12)(H,13,17). The van der Waals surface area contributed by atoms with Gasteiger partial charge >= 0.3 is 5.82 Å². The molecular formula is C10H12N6O3. The Kier molecular flexibility index (Phi) is 3.55. The summed E-state index contributed by atoms with van der Waals surface area (Å²) in [6.45, 7) is 1.70. The number of H-pyrrole nitrogens is 1. The second kappa shape index (κ2) is 5.29. The van der Waals surface area contributed by atoms with Crippen molar-refractivity contribution in [3.63, 3.8) is 0 Å². The van der Waals surface area contributed by atoms with Gasteiger partial charge in [0.1, 0.15) is 12.4 Å². The van der Waals surface area contributed by atoms with Gasteiger partial charge in [-0.05, 0) is 11.8 Å². The van der Waals surface area contributed by atoms with Crippen LogP contribution < -0.4 is 5.32 Å². The second-order valence-electron chi connectivity index (χ2n) is 3.89. The number of aromatic nitrogens is 4. The van der Waals surface area contributed by atoms with Gasteiger partial charge in [-0.2, -0.15) is 4.68 Å². The van der Waals surface area contributed by atoms with Gasteiger partial charge in [0.25, 0.3) is 0 Å². The van der Waals surface area contributed by atoms with Crippen molar-refractivity contribution in [2.24, 2.45) is 0 Å². The van der Waals surface area contributed by atoms with Crippen LogP contribution in [0.4, 0.5) is 5.82 Å². The smallest absolute Gasteiger partial charge is 0.358 e. The van der Waals surface area contributed by atoms with Crippen molar-refractivity contribution < 1.29 is 9.72 Å². The van der Waals surface area contributed by atoms with Gasteiger partial charge in [-0.15, -0.1) is 0 Å². The molecule has 0 bridgehead atoms. The third-order valence-electron chi connectivity index (χ3n) is 2.43. The third kappa shape index (κ3) is 3.15. The van der Waals surface area contributed by atoms with Crippen LogP contribution in [0.15, 0.2) is 24.7 Å². The molecule has 0 aromatic carbocycles. The highest BCUT2D eigenvalue weighted by Gasteiger charge is 2.15. The number of nitrogens with zero attached hydrogens (tertiary/aromatic N) is 4. The number of hydrogen-bond acceptors (Lipinski definition) is 5. The fourth-order valence-corrected chi connectivity index (χ4v) is 1.55. The number of carbonyl (C=O) groups is 1. The van der Waals surface area contributed by atoms with E-state index in [0.29, 0.717) is 5.82 Å². The molecule has 0 spiro atoms. The second-order valence-corrected chi connectivity index (χ2v) is 3.89. The summed E-state index contributed by atoms with van der Waals surface area (Å²) < 4.78 is 1.21. The summed E-state index contributed by atoms with van der Waals surface area (Å²) in [4.78, 5) is 28.5. The zero-order valence-corrected chi connectivity index (χ0v) is 10.1. The average Bonchev–Trinajstić information content (AvgIpc) is 2.98. The van der Waals surface area contributed by atoms with Gasteiger partial charge in [0.05, 0.1) is 23.4 Å². The van der Waals surface area contributed by atoms with Crippen LogP contribution in [0.1, 0.15) is 18.8 Å². The molecule has 2 N–H and O–H groups in total.